The quantitative estimate of drug-likeness (QED) is 0.918. The predicted molar refractivity (Wildman–Crippen MR) is 80.2 cm³/mol. The van der Waals surface area contributed by atoms with E-state index in [9.17, 15) is 8.42 Å². The first-order chi connectivity index (χ1) is 8.68. The number of thiophene rings is 1. The van der Waals surface area contributed by atoms with Gasteiger partial charge in [-0.3, -0.25) is 0 Å². The van der Waals surface area contributed by atoms with E-state index < -0.39 is 10.0 Å². The molecular formula is C13H20ClNO2S2. The molecule has 1 aromatic heterocycles. The summed E-state index contributed by atoms with van der Waals surface area (Å²) in [6.45, 7) is 6.59. The van der Waals surface area contributed by atoms with Crippen LogP contribution in [0.25, 0.3) is 0 Å². The number of halogens is 1. The van der Waals surface area contributed by atoms with Crippen LogP contribution in [0.1, 0.15) is 40.0 Å². The van der Waals surface area contributed by atoms with Gasteiger partial charge in [0.05, 0.1) is 4.34 Å². The molecule has 6 heteroatoms. The van der Waals surface area contributed by atoms with Gasteiger partial charge in [-0.25, -0.2) is 13.1 Å². The third-order valence-corrected chi connectivity index (χ3v) is 6.77. The number of hydrogen-bond acceptors (Lipinski definition) is 3. The Bertz CT molecular complexity index is 551. The van der Waals surface area contributed by atoms with Gasteiger partial charge in [0, 0.05) is 6.04 Å². The number of nitrogens with one attached hydrogen (secondary N) is 1. The van der Waals surface area contributed by atoms with Crippen molar-refractivity contribution in [1.82, 2.24) is 4.72 Å². The summed E-state index contributed by atoms with van der Waals surface area (Å²) in [6, 6.07) is 3.20. The van der Waals surface area contributed by atoms with Crippen LogP contribution in [0.4, 0.5) is 0 Å². The molecule has 0 aliphatic heterocycles. The van der Waals surface area contributed by atoms with Gasteiger partial charge in [0.2, 0.25) is 10.0 Å². The van der Waals surface area contributed by atoms with E-state index in [1.165, 1.54) is 0 Å². The van der Waals surface area contributed by atoms with Gasteiger partial charge in [-0.05, 0) is 42.7 Å². The van der Waals surface area contributed by atoms with Crippen molar-refractivity contribution in [1.29, 1.82) is 0 Å². The lowest BCUT2D eigenvalue weighted by Crippen LogP contribution is -2.42. The first-order valence-corrected chi connectivity index (χ1v) is 9.13. The van der Waals surface area contributed by atoms with Crippen molar-refractivity contribution in [2.75, 3.05) is 0 Å². The second-order valence-corrected chi connectivity index (χ2v) is 9.95. The maximum Gasteiger partial charge on any atom is 0.250 e. The first kappa shape index (κ1) is 15.3. The average Bonchev–Trinajstić information content (AvgIpc) is 2.61. The third-order valence-electron chi connectivity index (χ3n) is 3.52. The average molecular weight is 322 g/mol. The van der Waals surface area contributed by atoms with E-state index in [4.69, 9.17) is 11.6 Å². The monoisotopic (exact) mass is 321 g/mol. The standard InChI is InChI=1S/C13H20ClNO2S2/c1-9-6-10(8-13(2,3)7-9)15-19(16,17)12-5-4-11(14)18-12/h4-5,9-10,15H,6-8H2,1-3H3. The Morgan fingerprint density at radius 1 is 1.37 bits per heavy atom. The molecule has 0 aromatic carbocycles. The summed E-state index contributed by atoms with van der Waals surface area (Å²) in [5.74, 6) is 0.545. The minimum Gasteiger partial charge on any atom is -0.207 e. The molecule has 2 unspecified atom stereocenters. The smallest absolute Gasteiger partial charge is 0.207 e. The van der Waals surface area contributed by atoms with Gasteiger partial charge in [-0.2, -0.15) is 0 Å². The Morgan fingerprint density at radius 3 is 2.58 bits per heavy atom. The molecular weight excluding hydrogens is 302 g/mol. The highest BCUT2D eigenvalue weighted by Gasteiger charge is 2.34. The van der Waals surface area contributed by atoms with Gasteiger partial charge in [-0.15, -0.1) is 11.3 Å². The van der Waals surface area contributed by atoms with Crippen molar-refractivity contribution in [2.45, 2.75) is 50.3 Å². The molecule has 108 valence electrons. The molecule has 1 aliphatic rings. The molecule has 1 N–H and O–H groups in total. The summed E-state index contributed by atoms with van der Waals surface area (Å²) in [5.41, 5.74) is 0.192. The van der Waals surface area contributed by atoms with Crippen molar-refractivity contribution in [3.05, 3.63) is 16.5 Å². The van der Waals surface area contributed by atoms with Gasteiger partial charge < -0.3 is 0 Å². The molecule has 1 aromatic rings. The summed E-state index contributed by atoms with van der Waals surface area (Å²) < 4.78 is 28.2. The second-order valence-electron chi connectivity index (χ2n) is 6.29. The van der Waals surface area contributed by atoms with E-state index in [1.54, 1.807) is 12.1 Å². The van der Waals surface area contributed by atoms with E-state index in [0.717, 1.165) is 30.6 Å². The highest BCUT2D eigenvalue weighted by molar-refractivity contribution is 7.91. The molecule has 0 spiro atoms. The summed E-state index contributed by atoms with van der Waals surface area (Å²) in [4.78, 5) is 0. The summed E-state index contributed by atoms with van der Waals surface area (Å²) in [6.07, 6.45) is 2.94. The van der Waals surface area contributed by atoms with Crippen LogP contribution in [0.5, 0.6) is 0 Å². The van der Waals surface area contributed by atoms with E-state index in [1.807, 2.05) is 0 Å². The summed E-state index contributed by atoms with van der Waals surface area (Å²) >= 11 is 6.90. The largest absolute Gasteiger partial charge is 0.250 e. The molecule has 0 amide bonds. The topological polar surface area (TPSA) is 46.2 Å². The Balaban J connectivity index is 2.12. The molecule has 3 nitrogen and oxygen atoms in total. The van der Waals surface area contributed by atoms with Gasteiger partial charge >= 0.3 is 0 Å². The SMILES string of the molecule is CC1CC(NS(=O)(=O)c2ccc(Cl)s2)CC(C)(C)C1. The zero-order chi connectivity index (χ0) is 14.3. The maximum atomic E-state index is 12.3. The fourth-order valence-electron chi connectivity index (χ4n) is 3.16. The van der Waals surface area contributed by atoms with Gasteiger partial charge in [0.1, 0.15) is 4.21 Å². The number of sulfonamides is 1. The van der Waals surface area contributed by atoms with Crippen LogP contribution in [0, 0.1) is 11.3 Å². The fourth-order valence-corrected chi connectivity index (χ4v) is 5.90. The molecule has 1 aliphatic carbocycles. The maximum absolute atomic E-state index is 12.3. The summed E-state index contributed by atoms with van der Waals surface area (Å²) in [5, 5.41) is 0. The molecule has 1 saturated carbocycles. The van der Waals surface area contributed by atoms with Crippen LogP contribution in [0.2, 0.25) is 4.34 Å². The molecule has 0 radical (unpaired) electrons. The van der Waals surface area contributed by atoms with Crippen molar-refractivity contribution < 1.29 is 8.42 Å². The van der Waals surface area contributed by atoms with E-state index in [0.29, 0.717) is 14.5 Å². The van der Waals surface area contributed by atoms with Crippen LogP contribution < -0.4 is 4.72 Å². The van der Waals surface area contributed by atoms with Crippen molar-refractivity contribution in [2.24, 2.45) is 11.3 Å². The van der Waals surface area contributed by atoms with Crippen LogP contribution in [0.3, 0.4) is 0 Å². The van der Waals surface area contributed by atoms with Crippen LogP contribution >= 0.6 is 22.9 Å². The van der Waals surface area contributed by atoms with Gasteiger partial charge in [0.15, 0.2) is 0 Å². The van der Waals surface area contributed by atoms with Crippen molar-refractivity contribution >= 4 is 33.0 Å². The van der Waals surface area contributed by atoms with Crippen LogP contribution in [0.15, 0.2) is 16.3 Å². The normalized spacial score (nSPS) is 27.4. The van der Waals surface area contributed by atoms with Gasteiger partial charge in [0.25, 0.3) is 0 Å². The zero-order valence-corrected chi connectivity index (χ0v) is 13.8. The molecule has 1 fully saturated rings. The van der Waals surface area contributed by atoms with Gasteiger partial charge in [-0.1, -0.05) is 32.4 Å². The molecule has 1 heterocycles. The predicted octanol–water partition coefficient (Wildman–Crippen LogP) is 3.89. The van der Waals surface area contributed by atoms with E-state index in [-0.39, 0.29) is 11.5 Å². The van der Waals surface area contributed by atoms with Crippen LogP contribution in [-0.2, 0) is 10.0 Å². The molecule has 19 heavy (non-hydrogen) atoms. The molecule has 2 atom stereocenters. The van der Waals surface area contributed by atoms with Crippen LogP contribution in [-0.4, -0.2) is 14.5 Å². The van der Waals surface area contributed by atoms with Crippen molar-refractivity contribution in [3.63, 3.8) is 0 Å². The Hall–Kier alpha value is -0.100. The molecule has 2 rings (SSSR count). The van der Waals surface area contributed by atoms with Crippen molar-refractivity contribution in [3.8, 4) is 0 Å². The minimum absolute atomic E-state index is 0.0182. The lowest BCUT2D eigenvalue weighted by atomic mass is 9.71. The third kappa shape index (κ3) is 3.94. The highest BCUT2D eigenvalue weighted by Crippen LogP contribution is 2.39. The Morgan fingerprint density at radius 2 is 2.05 bits per heavy atom. The number of rotatable bonds is 3. The zero-order valence-electron chi connectivity index (χ0n) is 11.4. The lowest BCUT2D eigenvalue weighted by molar-refractivity contribution is 0.163. The second kappa shape index (κ2) is 5.35. The first-order valence-electron chi connectivity index (χ1n) is 6.46. The molecule has 0 bridgehead atoms. The minimum atomic E-state index is -3.43. The summed E-state index contributed by atoms with van der Waals surface area (Å²) in [7, 11) is -3.43. The Kier molecular flexibility index (Phi) is 4.31. The highest BCUT2D eigenvalue weighted by atomic mass is 35.5. The Labute approximate surface area is 124 Å². The lowest BCUT2D eigenvalue weighted by Gasteiger charge is -2.39. The number of hydrogen-bond donors (Lipinski definition) is 1. The fraction of sp³-hybridized carbons (Fsp3) is 0.692. The van der Waals surface area contributed by atoms with E-state index >= 15 is 0 Å². The van der Waals surface area contributed by atoms with E-state index in [2.05, 4.69) is 25.5 Å². The molecule has 0 saturated heterocycles.